The van der Waals surface area contributed by atoms with Crippen LogP contribution < -0.4 is 21.8 Å². The van der Waals surface area contributed by atoms with Gasteiger partial charge in [-0.15, -0.1) is 0 Å². The van der Waals surface area contributed by atoms with Gasteiger partial charge in [-0.1, -0.05) is 0 Å². The van der Waals surface area contributed by atoms with Crippen LogP contribution in [0.1, 0.15) is 73.8 Å². The zero-order valence-electron chi connectivity index (χ0n) is 31.4. The molecule has 14 nitrogen and oxygen atoms in total. The van der Waals surface area contributed by atoms with Crippen molar-refractivity contribution in [3.05, 3.63) is 77.2 Å². The van der Waals surface area contributed by atoms with Gasteiger partial charge in [-0.25, -0.2) is 43.0 Å². The Hall–Kier alpha value is -3.72. The zero-order valence-corrected chi connectivity index (χ0v) is 31.4. The zero-order chi connectivity index (χ0) is 36.8. The van der Waals surface area contributed by atoms with E-state index < -0.39 is 17.1 Å². The Labute approximate surface area is 288 Å². The summed E-state index contributed by atoms with van der Waals surface area (Å²) in [4.78, 5) is 45.3. The fourth-order valence-electron chi connectivity index (χ4n) is 5.50. The second kappa shape index (κ2) is 16.3. The molecule has 0 amide bonds. The van der Waals surface area contributed by atoms with E-state index in [1.54, 1.807) is 0 Å². The van der Waals surface area contributed by atoms with Gasteiger partial charge >= 0.3 is 17.1 Å². The molecular formula is C35H54N6O8. The monoisotopic (exact) mass is 686 g/mol. The largest absolute Gasteiger partial charge is 0.488 e. The van der Waals surface area contributed by atoms with Crippen molar-refractivity contribution >= 4 is 0 Å². The molecule has 0 radical (unpaired) electrons. The third-order valence-electron chi connectivity index (χ3n) is 8.80. The van der Waals surface area contributed by atoms with E-state index in [0.29, 0.717) is 26.4 Å². The fourth-order valence-corrected chi connectivity index (χ4v) is 5.50. The van der Waals surface area contributed by atoms with E-state index in [1.165, 1.54) is 43.4 Å². The van der Waals surface area contributed by atoms with Gasteiger partial charge in [-0.3, -0.25) is 0 Å². The van der Waals surface area contributed by atoms with Crippen LogP contribution in [0.2, 0.25) is 0 Å². The van der Waals surface area contributed by atoms with Crippen LogP contribution in [0.3, 0.4) is 0 Å². The Morgan fingerprint density at radius 1 is 0.653 bits per heavy atom. The molecule has 0 unspecified atom stereocenters. The molecule has 3 aromatic rings. The Morgan fingerprint density at radius 2 is 1.02 bits per heavy atom. The van der Waals surface area contributed by atoms with Crippen molar-refractivity contribution in [1.29, 1.82) is 0 Å². The highest BCUT2D eigenvalue weighted by molar-refractivity contribution is 5.49. The quantitative estimate of drug-likeness (QED) is 0.343. The van der Waals surface area contributed by atoms with Crippen LogP contribution in [0.25, 0.3) is 0 Å². The molecule has 2 aromatic heterocycles. The second-order valence-electron chi connectivity index (χ2n) is 13.7. The van der Waals surface area contributed by atoms with E-state index in [2.05, 4.69) is 55.6 Å². The van der Waals surface area contributed by atoms with E-state index >= 15 is 0 Å². The van der Waals surface area contributed by atoms with Gasteiger partial charge in [0.2, 0.25) is 0 Å². The summed E-state index contributed by atoms with van der Waals surface area (Å²) in [6.45, 7) is 23.0. The third kappa shape index (κ3) is 10.4. The van der Waals surface area contributed by atoms with Gasteiger partial charge in [0, 0.05) is 21.1 Å². The van der Waals surface area contributed by atoms with Crippen molar-refractivity contribution in [2.75, 3.05) is 26.4 Å². The first-order valence-corrected chi connectivity index (χ1v) is 16.5. The van der Waals surface area contributed by atoms with Crippen molar-refractivity contribution in [3.8, 4) is 5.75 Å². The van der Waals surface area contributed by atoms with E-state index in [4.69, 9.17) is 23.7 Å². The Kier molecular flexibility index (Phi) is 13.2. The highest BCUT2D eigenvalue weighted by atomic mass is 16.7. The average molecular weight is 687 g/mol. The summed E-state index contributed by atoms with van der Waals surface area (Å²) in [6.07, 6.45) is 2.08. The van der Waals surface area contributed by atoms with Crippen molar-refractivity contribution in [3.63, 3.8) is 0 Å². The predicted molar refractivity (Wildman–Crippen MR) is 185 cm³/mol. The SMILES string of the molecule is CC1OCC2(CO1)COC(C)OC2.Cc1cc2c(c(C)c1C)CCC(C)(C)O2.Cc1nc(C)nc(C)n1.Cn1c(=O)n(C)c(=O)n(C)c1=O. The van der Waals surface area contributed by atoms with Gasteiger partial charge in [0.15, 0.2) is 12.6 Å². The van der Waals surface area contributed by atoms with Gasteiger partial charge in [0.1, 0.15) is 28.8 Å². The molecule has 272 valence electrons. The van der Waals surface area contributed by atoms with Crippen molar-refractivity contribution < 1.29 is 23.7 Å². The summed E-state index contributed by atoms with van der Waals surface area (Å²) < 4.78 is 30.4. The lowest BCUT2D eigenvalue weighted by atomic mass is 9.88. The van der Waals surface area contributed by atoms with Gasteiger partial charge in [-0.2, -0.15) is 0 Å². The first kappa shape index (κ1) is 39.7. The lowest BCUT2D eigenvalue weighted by molar-refractivity contribution is -0.294. The Bertz CT molecular complexity index is 1600. The van der Waals surface area contributed by atoms with Crippen LogP contribution in [0.4, 0.5) is 0 Å². The molecule has 0 atom stereocenters. The molecule has 3 aliphatic rings. The minimum Gasteiger partial charge on any atom is -0.488 e. The maximum atomic E-state index is 11.1. The lowest BCUT2D eigenvalue weighted by Gasteiger charge is -2.42. The number of fused-ring (bicyclic) bond motifs is 1. The lowest BCUT2D eigenvalue weighted by Crippen LogP contribution is -2.51. The van der Waals surface area contributed by atoms with Crippen LogP contribution in [-0.4, -0.2) is 73.3 Å². The molecule has 6 rings (SSSR count). The number of hydrogen-bond acceptors (Lipinski definition) is 11. The number of hydrogen-bond donors (Lipinski definition) is 0. The molecule has 0 N–H and O–H groups in total. The fraction of sp³-hybridized carbons (Fsp3) is 0.657. The normalized spacial score (nSPS) is 22.2. The van der Waals surface area contributed by atoms with Crippen LogP contribution in [0.5, 0.6) is 5.75 Å². The molecule has 49 heavy (non-hydrogen) atoms. The van der Waals surface area contributed by atoms with Crippen molar-refractivity contribution in [1.82, 2.24) is 28.7 Å². The van der Waals surface area contributed by atoms with Crippen LogP contribution in [0.15, 0.2) is 20.4 Å². The summed E-state index contributed by atoms with van der Waals surface area (Å²) >= 11 is 0. The van der Waals surface area contributed by atoms with Crippen LogP contribution in [0, 0.1) is 47.0 Å². The summed E-state index contributed by atoms with van der Waals surface area (Å²) in [7, 11) is 3.97. The van der Waals surface area contributed by atoms with E-state index in [9.17, 15) is 14.4 Å². The van der Waals surface area contributed by atoms with Crippen molar-refractivity contribution in [2.24, 2.45) is 26.6 Å². The van der Waals surface area contributed by atoms with E-state index in [-0.39, 0.29) is 23.6 Å². The number of aromatic nitrogens is 6. The summed E-state index contributed by atoms with van der Waals surface area (Å²) in [5.74, 6) is 3.48. The molecule has 5 heterocycles. The molecule has 14 heteroatoms. The summed E-state index contributed by atoms with van der Waals surface area (Å²) in [6, 6.07) is 2.19. The molecule has 0 saturated carbocycles. The molecule has 0 aliphatic carbocycles. The first-order chi connectivity index (χ1) is 22.8. The molecular weight excluding hydrogens is 632 g/mol. The molecule has 1 spiro atoms. The molecule has 3 aliphatic heterocycles. The highest BCUT2D eigenvalue weighted by Gasteiger charge is 2.40. The average Bonchev–Trinajstić information content (AvgIpc) is 3.03. The van der Waals surface area contributed by atoms with Gasteiger partial charge in [0.25, 0.3) is 0 Å². The van der Waals surface area contributed by atoms with Gasteiger partial charge in [0.05, 0.1) is 31.8 Å². The first-order valence-electron chi connectivity index (χ1n) is 16.5. The van der Waals surface area contributed by atoms with Gasteiger partial charge < -0.3 is 23.7 Å². The predicted octanol–water partition coefficient (Wildman–Crippen LogP) is 3.05. The molecule has 2 saturated heterocycles. The summed E-state index contributed by atoms with van der Waals surface area (Å²) in [5, 5.41) is 0. The minimum absolute atomic E-state index is 0.00113. The molecule has 0 bridgehead atoms. The third-order valence-corrected chi connectivity index (χ3v) is 8.80. The maximum absolute atomic E-state index is 11.1. The Morgan fingerprint density at radius 3 is 1.39 bits per heavy atom. The van der Waals surface area contributed by atoms with Crippen LogP contribution >= 0.6 is 0 Å². The van der Waals surface area contributed by atoms with Gasteiger partial charge in [-0.05, 0) is 110 Å². The topological polar surface area (TPSA) is 151 Å². The number of aryl methyl sites for hydroxylation is 4. The summed E-state index contributed by atoms with van der Waals surface area (Å²) in [5.41, 5.74) is 3.69. The van der Waals surface area contributed by atoms with E-state index in [1.807, 2.05) is 34.6 Å². The smallest absolute Gasteiger partial charge is 0.335 e. The number of ether oxygens (including phenoxy) is 5. The Balaban J connectivity index is 0.000000180. The number of rotatable bonds is 0. The number of nitrogens with zero attached hydrogens (tertiary/aromatic N) is 6. The highest BCUT2D eigenvalue weighted by Crippen LogP contribution is 2.37. The molecule has 2 fully saturated rings. The van der Waals surface area contributed by atoms with Crippen LogP contribution in [-0.2, 0) is 46.5 Å². The maximum Gasteiger partial charge on any atom is 0.335 e. The second-order valence-corrected chi connectivity index (χ2v) is 13.7. The van der Waals surface area contributed by atoms with Crippen molar-refractivity contribution in [2.45, 2.75) is 100 Å². The molecule has 1 aromatic carbocycles. The number of benzene rings is 1. The van der Waals surface area contributed by atoms with E-state index in [0.717, 1.165) is 49.8 Å². The standard InChI is InChI=1S/C14H20O.C9H16O4.C6H9N3O3.C6H9N3/c1-9-8-13-12(11(3)10(9)2)6-7-14(4,5)15-13;1-7-10-3-9(4-11-7)5-12-8(2)13-6-9;1-7-4(10)8(2)6(12)9(3)5(7)11;1-4-7-5(2)9-6(3)8-4/h8H,6-7H2,1-5H3;7-8H,3-6H2,1-2H3;1-3H3;1-3H3. The minimum atomic E-state index is -0.608.